The third kappa shape index (κ3) is 3.61. The topological polar surface area (TPSA) is 32.3 Å². The van der Waals surface area contributed by atoms with E-state index in [1.807, 2.05) is 0 Å². The summed E-state index contributed by atoms with van der Waals surface area (Å²) in [6.07, 6.45) is 11.1. The van der Waals surface area contributed by atoms with Crippen LogP contribution >= 0.6 is 0 Å². The van der Waals surface area contributed by atoms with Crippen LogP contribution in [0.25, 0.3) is 0 Å². The summed E-state index contributed by atoms with van der Waals surface area (Å²) in [5.74, 6) is 1.69. The van der Waals surface area contributed by atoms with Crippen molar-refractivity contribution in [3.05, 3.63) is 0 Å². The van der Waals surface area contributed by atoms with Gasteiger partial charge in [0.05, 0.1) is 0 Å². The van der Waals surface area contributed by atoms with Gasteiger partial charge in [0.15, 0.2) is 0 Å². The molecule has 120 valence electrons. The fraction of sp³-hybridized carbons (Fsp3) is 0.944. The van der Waals surface area contributed by atoms with Gasteiger partial charge in [-0.2, -0.15) is 0 Å². The van der Waals surface area contributed by atoms with Crippen LogP contribution in [0.5, 0.6) is 0 Å². The van der Waals surface area contributed by atoms with E-state index in [9.17, 15) is 4.79 Å². The van der Waals surface area contributed by atoms with Crippen LogP contribution in [-0.4, -0.2) is 35.5 Å². The first-order chi connectivity index (χ1) is 10.2. The van der Waals surface area contributed by atoms with Crippen LogP contribution in [0.4, 0.5) is 0 Å². The molecule has 3 fully saturated rings. The molecule has 3 aliphatic rings. The maximum atomic E-state index is 13.1. The molecule has 1 amide bonds. The first kappa shape index (κ1) is 15.3. The lowest BCUT2D eigenvalue weighted by molar-refractivity contribution is -0.140. The van der Waals surface area contributed by atoms with Crippen LogP contribution in [0, 0.1) is 11.8 Å². The van der Waals surface area contributed by atoms with Gasteiger partial charge >= 0.3 is 0 Å². The summed E-state index contributed by atoms with van der Waals surface area (Å²) in [4.78, 5) is 15.4. The smallest absolute Gasteiger partial charge is 0.226 e. The van der Waals surface area contributed by atoms with Gasteiger partial charge in [0.1, 0.15) is 0 Å². The number of carbonyl (C=O) groups excluding carboxylic acids is 1. The summed E-state index contributed by atoms with van der Waals surface area (Å²) in [7, 11) is 0. The average Bonchev–Trinajstić information content (AvgIpc) is 3.33. The van der Waals surface area contributed by atoms with Crippen molar-refractivity contribution in [3.63, 3.8) is 0 Å². The molecule has 1 N–H and O–H groups in total. The predicted molar refractivity (Wildman–Crippen MR) is 86.1 cm³/mol. The van der Waals surface area contributed by atoms with Crippen molar-refractivity contribution in [1.82, 2.24) is 10.2 Å². The van der Waals surface area contributed by atoms with E-state index in [1.165, 1.54) is 44.9 Å². The fourth-order valence-corrected chi connectivity index (χ4v) is 4.41. The third-order valence-electron chi connectivity index (χ3n) is 5.95. The molecule has 2 aliphatic carbocycles. The lowest BCUT2D eigenvalue weighted by atomic mass is 9.83. The minimum absolute atomic E-state index is 0.283. The summed E-state index contributed by atoms with van der Waals surface area (Å²) in [5, 5.41) is 3.47. The molecule has 1 aliphatic heterocycles. The van der Waals surface area contributed by atoms with Crippen LogP contribution in [0.15, 0.2) is 0 Å². The van der Waals surface area contributed by atoms with Gasteiger partial charge in [0, 0.05) is 24.0 Å². The highest BCUT2D eigenvalue weighted by atomic mass is 16.2. The molecule has 0 aromatic heterocycles. The van der Waals surface area contributed by atoms with Crippen LogP contribution in [0.3, 0.4) is 0 Å². The number of nitrogens with one attached hydrogen (secondary N) is 1. The highest BCUT2D eigenvalue weighted by Gasteiger charge is 2.41. The van der Waals surface area contributed by atoms with Crippen molar-refractivity contribution in [1.29, 1.82) is 0 Å². The number of hydrogen-bond donors (Lipinski definition) is 1. The lowest BCUT2D eigenvalue weighted by Gasteiger charge is -2.40. The maximum Gasteiger partial charge on any atom is 0.226 e. The molecule has 0 unspecified atom stereocenters. The van der Waals surface area contributed by atoms with Gasteiger partial charge in [-0.25, -0.2) is 0 Å². The van der Waals surface area contributed by atoms with E-state index in [4.69, 9.17) is 0 Å². The Bertz CT molecular complexity index is 358. The molecule has 0 spiro atoms. The minimum Gasteiger partial charge on any atom is -0.336 e. The molecular weight excluding hydrogens is 260 g/mol. The summed E-state index contributed by atoms with van der Waals surface area (Å²) in [6.45, 7) is 5.54. The molecule has 3 heteroatoms. The molecule has 2 atom stereocenters. The van der Waals surface area contributed by atoms with E-state index in [-0.39, 0.29) is 5.92 Å². The van der Waals surface area contributed by atoms with Crippen molar-refractivity contribution in [3.8, 4) is 0 Å². The van der Waals surface area contributed by atoms with Crippen LogP contribution < -0.4 is 5.32 Å². The summed E-state index contributed by atoms with van der Waals surface area (Å²) in [6, 6.07) is 1.65. The Morgan fingerprint density at radius 2 is 1.67 bits per heavy atom. The summed E-state index contributed by atoms with van der Waals surface area (Å²) < 4.78 is 0. The zero-order chi connectivity index (χ0) is 14.8. The Kier molecular flexibility index (Phi) is 4.88. The molecule has 21 heavy (non-hydrogen) atoms. The second-order valence-electron chi connectivity index (χ2n) is 7.64. The Balaban J connectivity index is 1.63. The molecule has 0 aromatic carbocycles. The molecule has 0 aromatic rings. The molecular formula is C18H32N2O. The van der Waals surface area contributed by atoms with Gasteiger partial charge in [-0.05, 0) is 70.8 Å². The van der Waals surface area contributed by atoms with E-state index in [0.29, 0.717) is 24.0 Å². The molecule has 3 nitrogen and oxygen atoms in total. The number of piperidine rings is 1. The Morgan fingerprint density at radius 3 is 2.19 bits per heavy atom. The van der Waals surface area contributed by atoms with Gasteiger partial charge in [-0.15, -0.1) is 0 Å². The Labute approximate surface area is 129 Å². The highest BCUT2D eigenvalue weighted by molar-refractivity contribution is 5.80. The Morgan fingerprint density at radius 1 is 1.05 bits per heavy atom. The second-order valence-corrected chi connectivity index (χ2v) is 7.64. The van der Waals surface area contributed by atoms with Crippen molar-refractivity contribution in [2.24, 2.45) is 11.8 Å². The van der Waals surface area contributed by atoms with Crippen LogP contribution in [0.2, 0.25) is 0 Å². The first-order valence-electron chi connectivity index (χ1n) is 9.24. The van der Waals surface area contributed by atoms with Crippen molar-refractivity contribution in [2.45, 2.75) is 89.8 Å². The summed E-state index contributed by atoms with van der Waals surface area (Å²) >= 11 is 0. The Hall–Kier alpha value is -0.570. The number of carbonyl (C=O) groups is 1. The first-order valence-corrected chi connectivity index (χ1v) is 9.24. The largest absolute Gasteiger partial charge is 0.336 e. The van der Waals surface area contributed by atoms with Gasteiger partial charge < -0.3 is 10.2 Å². The molecule has 0 radical (unpaired) electrons. The SMILES string of the molecule is CCC1CCC(N(C(=O)[C@H]2CCN[C@@H](C)C2)C2CC2)CC1. The van der Waals surface area contributed by atoms with Gasteiger partial charge in [0.2, 0.25) is 5.91 Å². The normalized spacial score (nSPS) is 37.2. The zero-order valence-corrected chi connectivity index (χ0v) is 13.8. The molecule has 3 rings (SSSR count). The maximum absolute atomic E-state index is 13.1. The quantitative estimate of drug-likeness (QED) is 0.862. The van der Waals surface area contributed by atoms with Crippen molar-refractivity contribution < 1.29 is 4.79 Å². The molecule has 2 saturated carbocycles. The monoisotopic (exact) mass is 292 g/mol. The number of amides is 1. The van der Waals surface area contributed by atoms with Gasteiger partial charge in [-0.3, -0.25) is 4.79 Å². The van der Waals surface area contributed by atoms with E-state index in [2.05, 4.69) is 24.1 Å². The van der Waals surface area contributed by atoms with E-state index >= 15 is 0 Å². The average molecular weight is 292 g/mol. The van der Waals surface area contributed by atoms with Crippen LogP contribution in [0.1, 0.15) is 71.6 Å². The molecule has 1 heterocycles. The van der Waals surface area contributed by atoms with Gasteiger partial charge in [0.25, 0.3) is 0 Å². The van der Waals surface area contributed by atoms with E-state index < -0.39 is 0 Å². The lowest BCUT2D eigenvalue weighted by Crippen LogP contribution is -2.49. The predicted octanol–water partition coefficient (Wildman–Crippen LogP) is 3.33. The standard InChI is InChI=1S/C18H32N2O/c1-3-14-4-6-16(7-5-14)20(17-8-9-17)18(21)15-10-11-19-13(2)12-15/h13-17,19H,3-12H2,1-2H3/t13-,14?,15-,16?/m0/s1. The highest BCUT2D eigenvalue weighted by Crippen LogP contribution is 2.38. The van der Waals surface area contributed by atoms with E-state index in [0.717, 1.165) is 25.3 Å². The molecule has 0 bridgehead atoms. The zero-order valence-electron chi connectivity index (χ0n) is 13.8. The van der Waals surface area contributed by atoms with Crippen molar-refractivity contribution in [2.75, 3.05) is 6.54 Å². The van der Waals surface area contributed by atoms with Crippen molar-refractivity contribution >= 4 is 5.91 Å². The summed E-state index contributed by atoms with van der Waals surface area (Å²) in [5.41, 5.74) is 0. The third-order valence-corrected chi connectivity index (χ3v) is 5.95. The van der Waals surface area contributed by atoms with Crippen LogP contribution in [-0.2, 0) is 4.79 Å². The van der Waals surface area contributed by atoms with E-state index in [1.54, 1.807) is 0 Å². The minimum atomic E-state index is 0.283. The fourth-order valence-electron chi connectivity index (χ4n) is 4.41. The van der Waals surface area contributed by atoms with Gasteiger partial charge in [-0.1, -0.05) is 13.3 Å². The number of rotatable bonds is 4. The second kappa shape index (κ2) is 6.68. The number of nitrogens with zero attached hydrogens (tertiary/aromatic N) is 1. The number of hydrogen-bond acceptors (Lipinski definition) is 2. The molecule has 1 saturated heterocycles.